The molecule has 0 saturated carbocycles. The number of nitriles is 1. The molecule has 0 spiro atoms. The van der Waals surface area contributed by atoms with Crippen LogP contribution in [-0.4, -0.2) is 34.6 Å². The molecule has 2 aromatic rings. The number of nitrogens with zero attached hydrogens (tertiary/aromatic N) is 3. The molecular formula is C18H18BrN3OS. The number of aromatic nitrogens is 1. The van der Waals surface area contributed by atoms with E-state index in [0.717, 1.165) is 41.7 Å². The van der Waals surface area contributed by atoms with Gasteiger partial charge in [-0.15, -0.1) is 11.3 Å². The van der Waals surface area contributed by atoms with Gasteiger partial charge in [0, 0.05) is 15.4 Å². The largest absolute Gasteiger partial charge is 0.509 e. The van der Waals surface area contributed by atoms with E-state index in [4.69, 9.17) is 0 Å². The molecule has 1 fully saturated rings. The highest BCUT2D eigenvalue weighted by Crippen LogP contribution is 2.28. The van der Waals surface area contributed by atoms with Crippen molar-refractivity contribution in [1.29, 1.82) is 5.26 Å². The minimum Gasteiger partial charge on any atom is -0.509 e. The van der Waals surface area contributed by atoms with Gasteiger partial charge in [-0.2, -0.15) is 5.26 Å². The topological polar surface area (TPSA) is 60.1 Å². The van der Waals surface area contributed by atoms with Crippen molar-refractivity contribution in [2.24, 2.45) is 0 Å². The Morgan fingerprint density at radius 2 is 1.96 bits per heavy atom. The number of thiazole rings is 1. The third kappa shape index (κ3) is 4.04. The summed E-state index contributed by atoms with van der Waals surface area (Å²) in [5.41, 5.74) is 2.10. The van der Waals surface area contributed by atoms with Crippen molar-refractivity contribution in [3.8, 4) is 17.3 Å². The molecule has 0 atom stereocenters. The van der Waals surface area contributed by atoms with Crippen molar-refractivity contribution in [3.05, 3.63) is 44.9 Å². The van der Waals surface area contributed by atoms with Gasteiger partial charge in [0.1, 0.15) is 22.4 Å². The molecule has 1 aromatic heterocycles. The second-order valence-electron chi connectivity index (χ2n) is 5.82. The monoisotopic (exact) mass is 403 g/mol. The van der Waals surface area contributed by atoms with Crippen LogP contribution in [0.15, 0.2) is 39.9 Å². The van der Waals surface area contributed by atoms with E-state index in [9.17, 15) is 10.4 Å². The van der Waals surface area contributed by atoms with Gasteiger partial charge in [-0.3, -0.25) is 4.90 Å². The van der Waals surface area contributed by atoms with E-state index in [1.165, 1.54) is 17.8 Å². The van der Waals surface area contributed by atoms with Crippen LogP contribution in [0.25, 0.3) is 16.8 Å². The van der Waals surface area contributed by atoms with Gasteiger partial charge in [-0.1, -0.05) is 34.5 Å². The van der Waals surface area contributed by atoms with E-state index in [2.05, 4.69) is 31.9 Å². The Balaban J connectivity index is 1.81. The zero-order valence-electron chi connectivity index (χ0n) is 13.2. The van der Waals surface area contributed by atoms with Gasteiger partial charge < -0.3 is 5.11 Å². The predicted molar refractivity (Wildman–Crippen MR) is 101 cm³/mol. The maximum Gasteiger partial charge on any atom is 0.138 e. The molecule has 4 nitrogen and oxygen atoms in total. The van der Waals surface area contributed by atoms with Crippen LogP contribution in [0.3, 0.4) is 0 Å². The number of hydrogen-bond acceptors (Lipinski definition) is 5. The number of aliphatic hydroxyl groups is 1. The molecule has 24 heavy (non-hydrogen) atoms. The maximum absolute atomic E-state index is 10.4. The molecule has 0 radical (unpaired) electrons. The first kappa shape index (κ1) is 17.2. The Morgan fingerprint density at radius 1 is 1.25 bits per heavy atom. The van der Waals surface area contributed by atoms with Crippen LogP contribution >= 0.6 is 27.3 Å². The lowest BCUT2D eigenvalue weighted by molar-refractivity contribution is 0.215. The SMILES string of the molecule is N#C/C(=C(/O)CN1CCCCC1)c1nc(-c2ccc(Br)cc2)cs1. The number of rotatable bonds is 4. The zero-order valence-corrected chi connectivity index (χ0v) is 15.6. The minimum atomic E-state index is 0.121. The smallest absolute Gasteiger partial charge is 0.138 e. The Labute approximate surface area is 154 Å². The molecule has 0 aliphatic carbocycles. The van der Waals surface area contributed by atoms with Crippen molar-refractivity contribution in [2.75, 3.05) is 19.6 Å². The molecule has 1 N–H and O–H groups in total. The van der Waals surface area contributed by atoms with Crippen LogP contribution in [0, 0.1) is 11.3 Å². The minimum absolute atomic E-state index is 0.121. The van der Waals surface area contributed by atoms with E-state index >= 15 is 0 Å². The van der Waals surface area contributed by atoms with Gasteiger partial charge in [-0.25, -0.2) is 4.98 Å². The van der Waals surface area contributed by atoms with Crippen LogP contribution in [-0.2, 0) is 0 Å². The molecule has 1 aliphatic heterocycles. The van der Waals surface area contributed by atoms with Crippen LogP contribution in [0.2, 0.25) is 0 Å². The first-order valence-corrected chi connectivity index (χ1v) is 9.61. The number of benzene rings is 1. The van der Waals surface area contributed by atoms with Crippen molar-refractivity contribution in [3.63, 3.8) is 0 Å². The fourth-order valence-corrected chi connectivity index (χ4v) is 3.89. The molecule has 0 unspecified atom stereocenters. The van der Waals surface area contributed by atoms with Crippen LogP contribution in [0.1, 0.15) is 24.3 Å². The van der Waals surface area contributed by atoms with E-state index in [1.54, 1.807) is 0 Å². The molecule has 1 aromatic carbocycles. The molecule has 2 heterocycles. The number of halogens is 1. The van der Waals surface area contributed by atoms with Crippen molar-refractivity contribution >= 4 is 32.8 Å². The van der Waals surface area contributed by atoms with E-state index in [1.807, 2.05) is 29.6 Å². The number of hydrogen-bond donors (Lipinski definition) is 1. The first-order chi connectivity index (χ1) is 11.7. The highest BCUT2D eigenvalue weighted by molar-refractivity contribution is 9.10. The van der Waals surface area contributed by atoms with E-state index in [-0.39, 0.29) is 11.3 Å². The fourth-order valence-electron chi connectivity index (χ4n) is 2.79. The second-order valence-corrected chi connectivity index (χ2v) is 7.59. The van der Waals surface area contributed by atoms with Gasteiger partial charge in [0.2, 0.25) is 0 Å². The molecule has 1 saturated heterocycles. The Kier molecular flexibility index (Phi) is 5.67. The van der Waals surface area contributed by atoms with Crippen LogP contribution in [0.5, 0.6) is 0 Å². The maximum atomic E-state index is 10.4. The molecular weight excluding hydrogens is 386 g/mol. The van der Waals surface area contributed by atoms with Gasteiger partial charge in [-0.05, 0) is 38.1 Å². The molecule has 0 amide bonds. The summed E-state index contributed by atoms with van der Waals surface area (Å²) >= 11 is 4.81. The average Bonchev–Trinajstić information content (AvgIpc) is 3.07. The predicted octanol–water partition coefficient (Wildman–Crippen LogP) is 4.85. The molecule has 0 bridgehead atoms. The Hall–Kier alpha value is -1.68. The summed E-state index contributed by atoms with van der Waals surface area (Å²) in [5, 5.41) is 22.4. The third-order valence-electron chi connectivity index (χ3n) is 4.08. The highest BCUT2D eigenvalue weighted by Gasteiger charge is 2.17. The summed E-state index contributed by atoms with van der Waals surface area (Å²) in [6, 6.07) is 10.0. The summed E-state index contributed by atoms with van der Waals surface area (Å²) in [5.74, 6) is 0.121. The molecule has 124 valence electrons. The van der Waals surface area contributed by atoms with Crippen LogP contribution < -0.4 is 0 Å². The highest BCUT2D eigenvalue weighted by atomic mass is 79.9. The second kappa shape index (κ2) is 7.93. The van der Waals surface area contributed by atoms with Crippen molar-refractivity contribution in [1.82, 2.24) is 9.88 Å². The summed E-state index contributed by atoms with van der Waals surface area (Å²) in [6.07, 6.45) is 3.55. The number of allylic oxidation sites excluding steroid dienone is 1. The zero-order chi connectivity index (χ0) is 16.9. The summed E-state index contributed by atoms with van der Waals surface area (Å²) in [7, 11) is 0. The standard InChI is InChI=1S/C18H18BrN3OS/c19-14-6-4-13(5-7-14)16-12-24-18(21-16)15(10-20)17(23)11-22-8-2-1-3-9-22/h4-7,12,23H,1-3,8-9,11H2/b17-15-. The van der Waals surface area contributed by atoms with Crippen LogP contribution in [0.4, 0.5) is 0 Å². The number of likely N-dealkylation sites (tertiary alicyclic amines) is 1. The fraction of sp³-hybridized carbons (Fsp3) is 0.333. The lowest BCUT2D eigenvalue weighted by Gasteiger charge is -2.26. The van der Waals surface area contributed by atoms with E-state index < -0.39 is 0 Å². The molecule has 1 aliphatic rings. The molecule has 6 heteroatoms. The quantitative estimate of drug-likeness (QED) is 0.585. The van der Waals surface area contributed by atoms with Gasteiger partial charge in [0.25, 0.3) is 0 Å². The lowest BCUT2D eigenvalue weighted by atomic mass is 10.1. The van der Waals surface area contributed by atoms with Crippen molar-refractivity contribution in [2.45, 2.75) is 19.3 Å². The first-order valence-electron chi connectivity index (χ1n) is 7.94. The third-order valence-corrected chi connectivity index (χ3v) is 5.47. The Bertz CT molecular complexity index is 770. The average molecular weight is 404 g/mol. The van der Waals surface area contributed by atoms with Gasteiger partial charge >= 0.3 is 0 Å². The number of piperidine rings is 1. The number of aliphatic hydroxyl groups excluding tert-OH is 1. The van der Waals surface area contributed by atoms with E-state index in [0.29, 0.717) is 11.6 Å². The van der Waals surface area contributed by atoms with Gasteiger partial charge in [0.15, 0.2) is 0 Å². The summed E-state index contributed by atoms with van der Waals surface area (Å²) in [4.78, 5) is 6.73. The normalized spacial score (nSPS) is 16.5. The summed E-state index contributed by atoms with van der Waals surface area (Å²) < 4.78 is 1.01. The van der Waals surface area contributed by atoms with Crippen molar-refractivity contribution < 1.29 is 5.11 Å². The summed E-state index contributed by atoms with van der Waals surface area (Å²) in [6.45, 7) is 2.38. The lowest BCUT2D eigenvalue weighted by Crippen LogP contribution is -2.31. The van der Waals surface area contributed by atoms with Gasteiger partial charge in [0.05, 0.1) is 12.2 Å². The molecule has 3 rings (SSSR count). The Morgan fingerprint density at radius 3 is 2.62 bits per heavy atom.